The smallest absolute Gasteiger partial charge is 0.253 e. The van der Waals surface area contributed by atoms with Crippen LogP contribution in [-0.4, -0.2) is 31.2 Å². The zero-order valence-corrected chi connectivity index (χ0v) is 13.7. The number of hydrogen-bond acceptors (Lipinski definition) is 4. The summed E-state index contributed by atoms with van der Waals surface area (Å²) in [4.78, 5) is 10.9. The number of sulfonamides is 1. The highest BCUT2D eigenvalue weighted by Crippen LogP contribution is 2.36. The second-order valence-corrected chi connectivity index (χ2v) is 8.69. The number of nitrogens with two attached hydrogens (primary N) is 1. The van der Waals surface area contributed by atoms with Gasteiger partial charge in [-0.2, -0.15) is 4.31 Å². The zero-order valence-electron chi connectivity index (χ0n) is 9.68. The Hall–Kier alpha value is -0.150. The fraction of sp³-hybridized carbons (Fsp3) is 0.444. The van der Waals surface area contributed by atoms with Gasteiger partial charge in [-0.15, -0.1) is 11.3 Å². The van der Waals surface area contributed by atoms with Crippen molar-refractivity contribution in [2.24, 2.45) is 5.73 Å². The molecule has 1 aromatic rings. The number of amides is 1. The van der Waals surface area contributed by atoms with Gasteiger partial charge in [0.2, 0.25) is 5.91 Å². The van der Waals surface area contributed by atoms with E-state index in [1.54, 1.807) is 13.8 Å². The third kappa shape index (κ3) is 3.45. The van der Waals surface area contributed by atoms with Crippen molar-refractivity contribution in [1.29, 1.82) is 0 Å². The van der Waals surface area contributed by atoms with Gasteiger partial charge >= 0.3 is 0 Å². The summed E-state index contributed by atoms with van der Waals surface area (Å²) in [5.41, 5.74) is 5.06. The maximum absolute atomic E-state index is 12.3. The number of primary amides is 1. The lowest BCUT2D eigenvalue weighted by molar-refractivity contribution is -0.118. The predicted octanol–water partition coefficient (Wildman–Crippen LogP) is 2.05. The largest absolute Gasteiger partial charge is 0.369 e. The van der Waals surface area contributed by atoms with E-state index in [4.69, 9.17) is 17.3 Å². The lowest BCUT2D eigenvalue weighted by atomic mass is 10.4. The minimum absolute atomic E-state index is 0.0781. The standard InChI is InChI=1S/C9H12BrClN2O3S2/c1-5(2)13(4-7(12)14)18(15,16)8-3-6(11)9(10)17-8/h3,5H,4H2,1-2H3,(H2,12,14). The van der Waals surface area contributed by atoms with Crippen LogP contribution < -0.4 is 5.73 Å². The van der Waals surface area contributed by atoms with Crippen LogP contribution in [0, 0.1) is 0 Å². The minimum atomic E-state index is -3.76. The van der Waals surface area contributed by atoms with Gasteiger partial charge in [-0.1, -0.05) is 11.6 Å². The summed E-state index contributed by atoms with van der Waals surface area (Å²) in [7, 11) is -3.76. The Labute approximate surface area is 123 Å². The Morgan fingerprint density at radius 1 is 1.61 bits per heavy atom. The third-order valence-corrected chi connectivity index (χ3v) is 7.02. The van der Waals surface area contributed by atoms with Crippen LogP contribution >= 0.6 is 38.9 Å². The first-order valence-corrected chi connectivity index (χ1v) is 8.34. The van der Waals surface area contributed by atoms with Crippen LogP contribution in [-0.2, 0) is 14.8 Å². The van der Waals surface area contributed by atoms with Crippen LogP contribution in [0.15, 0.2) is 14.1 Å². The second-order valence-electron chi connectivity index (χ2n) is 3.80. The lowest BCUT2D eigenvalue weighted by Gasteiger charge is -2.23. The number of carbonyl (C=O) groups excluding carboxylic acids is 1. The van der Waals surface area contributed by atoms with Crippen LogP contribution in [0.25, 0.3) is 0 Å². The van der Waals surface area contributed by atoms with Crippen molar-refractivity contribution in [3.63, 3.8) is 0 Å². The highest BCUT2D eigenvalue weighted by atomic mass is 79.9. The molecule has 0 saturated heterocycles. The van der Waals surface area contributed by atoms with Crippen molar-refractivity contribution in [2.45, 2.75) is 24.1 Å². The fourth-order valence-electron chi connectivity index (χ4n) is 1.27. The Morgan fingerprint density at radius 2 is 2.17 bits per heavy atom. The Morgan fingerprint density at radius 3 is 2.50 bits per heavy atom. The zero-order chi connectivity index (χ0) is 14.1. The quantitative estimate of drug-likeness (QED) is 0.855. The molecule has 102 valence electrons. The summed E-state index contributed by atoms with van der Waals surface area (Å²) in [6.07, 6.45) is 0. The molecule has 9 heteroatoms. The van der Waals surface area contributed by atoms with Gasteiger partial charge in [0.1, 0.15) is 4.21 Å². The van der Waals surface area contributed by atoms with Crippen molar-refractivity contribution >= 4 is 54.8 Å². The number of nitrogens with zero attached hydrogens (tertiary/aromatic N) is 1. The molecule has 0 bridgehead atoms. The lowest BCUT2D eigenvalue weighted by Crippen LogP contribution is -2.42. The van der Waals surface area contributed by atoms with E-state index < -0.39 is 15.9 Å². The van der Waals surface area contributed by atoms with Crippen molar-refractivity contribution in [2.75, 3.05) is 6.54 Å². The van der Waals surface area contributed by atoms with E-state index in [1.165, 1.54) is 6.07 Å². The van der Waals surface area contributed by atoms with E-state index in [0.29, 0.717) is 8.81 Å². The fourth-order valence-corrected chi connectivity index (χ4v) is 5.40. The summed E-state index contributed by atoms with van der Waals surface area (Å²) in [5, 5.41) is 0.321. The summed E-state index contributed by atoms with van der Waals surface area (Å²) in [5.74, 6) is -0.700. The molecule has 0 aliphatic carbocycles. The molecular weight excluding hydrogens is 364 g/mol. The van der Waals surface area contributed by atoms with Gasteiger partial charge in [-0.05, 0) is 35.8 Å². The van der Waals surface area contributed by atoms with Crippen LogP contribution in [0.4, 0.5) is 0 Å². The average Bonchev–Trinajstić information content (AvgIpc) is 2.55. The molecule has 0 aliphatic heterocycles. The van der Waals surface area contributed by atoms with E-state index in [9.17, 15) is 13.2 Å². The highest BCUT2D eigenvalue weighted by Gasteiger charge is 2.30. The molecule has 0 atom stereocenters. The molecular formula is C9H12BrClN2O3S2. The van der Waals surface area contributed by atoms with Gasteiger partial charge in [0.05, 0.1) is 15.4 Å². The summed E-state index contributed by atoms with van der Waals surface area (Å²) in [6.45, 7) is 2.99. The highest BCUT2D eigenvalue weighted by molar-refractivity contribution is 9.11. The van der Waals surface area contributed by atoms with Crippen LogP contribution in [0.3, 0.4) is 0 Å². The topological polar surface area (TPSA) is 80.5 Å². The number of hydrogen-bond donors (Lipinski definition) is 1. The predicted molar refractivity (Wildman–Crippen MR) is 75.3 cm³/mol. The van der Waals surface area contributed by atoms with E-state index in [-0.39, 0.29) is 16.8 Å². The van der Waals surface area contributed by atoms with E-state index in [2.05, 4.69) is 15.9 Å². The van der Waals surface area contributed by atoms with Crippen LogP contribution in [0.1, 0.15) is 13.8 Å². The van der Waals surface area contributed by atoms with Gasteiger partial charge < -0.3 is 5.73 Å². The van der Waals surface area contributed by atoms with Gasteiger partial charge in [0.15, 0.2) is 0 Å². The Kier molecular flexibility index (Phi) is 5.19. The van der Waals surface area contributed by atoms with Gasteiger partial charge in [0, 0.05) is 6.04 Å². The summed E-state index contributed by atoms with van der Waals surface area (Å²) < 4.78 is 26.3. The molecule has 1 amide bonds. The molecule has 5 nitrogen and oxygen atoms in total. The monoisotopic (exact) mass is 374 g/mol. The Balaban J connectivity index is 3.21. The summed E-state index contributed by atoms with van der Waals surface area (Å²) in [6, 6.07) is 0.976. The molecule has 1 rings (SSSR count). The molecule has 0 saturated carbocycles. The van der Waals surface area contributed by atoms with Crippen molar-refractivity contribution < 1.29 is 13.2 Å². The molecule has 0 spiro atoms. The third-order valence-electron chi connectivity index (χ3n) is 2.07. The molecule has 0 aromatic carbocycles. The first kappa shape index (κ1) is 15.9. The molecule has 0 radical (unpaired) electrons. The molecule has 1 heterocycles. The first-order chi connectivity index (χ1) is 8.16. The van der Waals surface area contributed by atoms with Crippen molar-refractivity contribution in [1.82, 2.24) is 4.31 Å². The van der Waals surface area contributed by atoms with E-state index in [1.807, 2.05) is 0 Å². The molecule has 2 N–H and O–H groups in total. The maximum Gasteiger partial charge on any atom is 0.253 e. The molecule has 0 fully saturated rings. The average molecular weight is 376 g/mol. The first-order valence-electron chi connectivity index (χ1n) is 4.91. The van der Waals surface area contributed by atoms with E-state index in [0.717, 1.165) is 15.6 Å². The van der Waals surface area contributed by atoms with Crippen molar-refractivity contribution in [3.05, 3.63) is 14.9 Å². The number of carbonyl (C=O) groups is 1. The number of halogens is 2. The second kappa shape index (κ2) is 5.87. The molecule has 0 unspecified atom stereocenters. The van der Waals surface area contributed by atoms with Gasteiger partial charge in [-0.25, -0.2) is 8.42 Å². The van der Waals surface area contributed by atoms with Gasteiger partial charge in [0.25, 0.3) is 10.0 Å². The Bertz CT molecular complexity index is 537. The number of rotatable bonds is 5. The van der Waals surface area contributed by atoms with Crippen LogP contribution in [0.5, 0.6) is 0 Å². The van der Waals surface area contributed by atoms with E-state index >= 15 is 0 Å². The number of thiophene rings is 1. The summed E-state index contributed by atoms with van der Waals surface area (Å²) >= 11 is 9.97. The molecule has 1 aromatic heterocycles. The van der Waals surface area contributed by atoms with Crippen molar-refractivity contribution in [3.8, 4) is 0 Å². The SMILES string of the molecule is CC(C)N(CC(N)=O)S(=O)(=O)c1cc(Cl)c(Br)s1. The molecule has 0 aliphatic rings. The maximum atomic E-state index is 12.3. The minimum Gasteiger partial charge on any atom is -0.369 e. The van der Waals surface area contributed by atoms with Gasteiger partial charge in [-0.3, -0.25) is 4.79 Å². The normalized spacial score (nSPS) is 12.3. The molecule has 18 heavy (non-hydrogen) atoms. The van der Waals surface area contributed by atoms with Crippen LogP contribution in [0.2, 0.25) is 5.02 Å².